The molecule has 0 saturated heterocycles. The summed E-state index contributed by atoms with van der Waals surface area (Å²) in [4.78, 5) is 20.3. The van der Waals surface area contributed by atoms with Crippen LogP contribution in [0.4, 0.5) is 8.78 Å². The summed E-state index contributed by atoms with van der Waals surface area (Å²) in [5.41, 5.74) is 15.8. The Morgan fingerprint density at radius 3 is 2.14 bits per heavy atom. The van der Waals surface area contributed by atoms with Gasteiger partial charge in [0.05, 0.1) is 11.0 Å². The molecule has 0 aliphatic carbocycles. The zero-order valence-electron chi connectivity index (χ0n) is 18.8. The van der Waals surface area contributed by atoms with Crippen LogP contribution in [0.2, 0.25) is 0 Å². The molecular formula is C25H27Cl2F2N5O. The van der Waals surface area contributed by atoms with Gasteiger partial charge in [-0.25, -0.2) is 13.8 Å². The Hall–Kier alpha value is -3.04. The summed E-state index contributed by atoms with van der Waals surface area (Å²) >= 11 is 0. The predicted octanol–water partition coefficient (Wildman–Crippen LogP) is 4.81. The van der Waals surface area contributed by atoms with Gasteiger partial charge in [-0.2, -0.15) is 0 Å². The maximum Gasteiger partial charge on any atom is 0.287 e. The molecule has 1 aromatic heterocycles. The Bertz CT molecular complexity index is 1260. The third-order valence-corrected chi connectivity index (χ3v) is 5.44. The summed E-state index contributed by atoms with van der Waals surface area (Å²) in [6.07, 6.45) is 1.50. The van der Waals surface area contributed by atoms with Gasteiger partial charge in [-0.15, -0.1) is 24.8 Å². The number of nitrogens with two attached hydrogens (primary N) is 2. The van der Waals surface area contributed by atoms with Crippen molar-refractivity contribution in [2.24, 2.45) is 11.5 Å². The first kappa shape index (κ1) is 28.2. The number of hydrogen-bond acceptors (Lipinski definition) is 4. The van der Waals surface area contributed by atoms with Crippen LogP contribution in [-0.2, 0) is 0 Å². The maximum absolute atomic E-state index is 13.5. The minimum Gasteiger partial charge on any atom is -0.348 e. The first-order valence-electron chi connectivity index (χ1n) is 10.7. The summed E-state index contributed by atoms with van der Waals surface area (Å²) in [7, 11) is 0. The molecule has 10 heteroatoms. The summed E-state index contributed by atoms with van der Waals surface area (Å²) in [6, 6.07) is 15.7. The van der Waals surface area contributed by atoms with Crippen LogP contribution in [0.1, 0.15) is 23.5 Å². The second kappa shape index (κ2) is 12.6. The van der Waals surface area contributed by atoms with Crippen LogP contribution in [0.15, 0.2) is 60.7 Å². The topological polar surface area (TPSA) is 110 Å². The van der Waals surface area contributed by atoms with Crippen molar-refractivity contribution < 1.29 is 13.6 Å². The highest BCUT2D eigenvalue weighted by Gasteiger charge is 2.17. The minimum atomic E-state index is -0.372. The fourth-order valence-electron chi connectivity index (χ4n) is 3.67. The van der Waals surface area contributed by atoms with E-state index in [0.717, 1.165) is 28.7 Å². The Morgan fingerprint density at radius 2 is 1.54 bits per heavy atom. The molecule has 0 fully saturated rings. The molecule has 4 rings (SSSR count). The summed E-state index contributed by atoms with van der Waals surface area (Å²) in [5.74, 6) is -0.903. The number of benzene rings is 3. The average Bonchev–Trinajstić information content (AvgIpc) is 3.26. The summed E-state index contributed by atoms with van der Waals surface area (Å²) in [5, 5.41) is 2.80. The SMILES string of the molecule is Cl.Cl.NCCCC(N)CNC(=O)c1nc2c(-c3ccc(F)cc3)cc(-c3ccc(F)cc3)cc2[nH]1. The normalized spacial score (nSPS) is 11.4. The predicted molar refractivity (Wildman–Crippen MR) is 140 cm³/mol. The number of amides is 1. The first-order valence-corrected chi connectivity index (χ1v) is 10.7. The Kier molecular flexibility index (Phi) is 10.2. The second-order valence-corrected chi connectivity index (χ2v) is 7.92. The maximum atomic E-state index is 13.5. The van der Waals surface area contributed by atoms with Crippen LogP contribution in [0.3, 0.4) is 0 Å². The number of nitrogens with one attached hydrogen (secondary N) is 2. The molecule has 0 aliphatic rings. The Morgan fingerprint density at radius 1 is 0.943 bits per heavy atom. The van der Waals surface area contributed by atoms with E-state index in [1.54, 1.807) is 24.3 Å². The molecule has 6 N–H and O–H groups in total. The van der Waals surface area contributed by atoms with Crippen molar-refractivity contribution in [1.29, 1.82) is 0 Å². The fourth-order valence-corrected chi connectivity index (χ4v) is 3.67. The van der Waals surface area contributed by atoms with Crippen molar-refractivity contribution in [3.63, 3.8) is 0 Å². The van der Waals surface area contributed by atoms with Gasteiger partial charge >= 0.3 is 0 Å². The fraction of sp³-hybridized carbons (Fsp3) is 0.200. The van der Waals surface area contributed by atoms with Gasteiger partial charge in [0.2, 0.25) is 0 Å². The van der Waals surface area contributed by atoms with Gasteiger partial charge < -0.3 is 21.8 Å². The van der Waals surface area contributed by atoms with Crippen LogP contribution in [0.25, 0.3) is 33.3 Å². The van der Waals surface area contributed by atoms with E-state index in [1.807, 2.05) is 12.1 Å². The number of aromatic nitrogens is 2. The molecule has 35 heavy (non-hydrogen) atoms. The van der Waals surface area contributed by atoms with Crippen LogP contribution in [0, 0.1) is 11.6 Å². The number of halogens is 4. The zero-order valence-corrected chi connectivity index (χ0v) is 20.4. The average molecular weight is 522 g/mol. The number of hydrogen-bond donors (Lipinski definition) is 4. The van der Waals surface area contributed by atoms with Crippen LogP contribution in [0.5, 0.6) is 0 Å². The van der Waals surface area contributed by atoms with Crippen molar-refractivity contribution in [3.8, 4) is 22.3 Å². The molecule has 4 aromatic rings. The lowest BCUT2D eigenvalue weighted by Gasteiger charge is -2.11. The monoisotopic (exact) mass is 521 g/mol. The van der Waals surface area contributed by atoms with Gasteiger partial charge in [-0.3, -0.25) is 4.79 Å². The number of rotatable bonds is 8. The highest BCUT2D eigenvalue weighted by molar-refractivity contribution is 6.00. The minimum absolute atomic E-state index is 0. The van der Waals surface area contributed by atoms with Crippen molar-refractivity contribution in [2.45, 2.75) is 18.9 Å². The van der Waals surface area contributed by atoms with Crippen molar-refractivity contribution in [2.75, 3.05) is 13.1 Å². The smallest absolute Gasteiger partial charge is 0.287 e. The molecule has 1 atom stereocenters. The number of H-pyrrole nitrogens is 1. The molecule has 0 saturated carbocycles. The number of fused-ring (bicyclic) bond motifs is 1. The van der Waals surface area contributed by atoms with Crippen molar-refractivity contribution >= 4 is 41.8 Å². The van der Waals surface area contributed by atoms with Crippen molar-refractivity contribution in [1.82, 2.24) is 15.3 Å². The Balaban J connectivity index is 0.00000216. The number of carbonyl (C=O) groups is 1. The van der Waals surface area contributed by atoms with Crippen molar-refractivity contribution in [3.05, 3.63) is 78.1 Å². The highest BCUT2D eigenvalue weighted by atomic mass is 35.5. The standard InChI is InChI=1S/C25H25F2N5O.2ClH/c26-18-7-3-15(4-8-18)17-12-21(16-5-9-19(27)10-6-16)23-22(13-17)31-24(32-23)25(33)30-14-20(29)2-1-11-28;;/h3-10,12-13,20H,1-2,11,14,28-29H2,(H,30,33)(H,31,32);2*1H. The molecular weight excluding hydrogens is 495 g/mol. The summed E-state index contributed by atoms with van der Waals surface area (Å²) < 4.78 is 26.9. The molecule has 0 bridgehead atoms. The second-order valence-electron chi connectivity index (χ2n) is 7.92. The quantitative estimate of drug-likeness (QED) is 0.266. The highest BCUT2D eigenvalue weighted by Crippen LogP contribution is 2.33. The largest absolute Gasteiger partial charge is 0.348 e. The third-order valence-electron chi connectivity index (χ3n) is 5.44. The van der Waals surface area contributed by atoms with E-state index in [1.165, 1.54) is 24.3 Å². The molecule has 1 unspecified atom stereocenters. The van der Waals surface area contributed by atoms with E-state index in [9.17, 15) is 13.6 Å². The van der Waals surface area contributed by atoms with E-state index in [2.05, 4.69) is 15.3 Å². The zero-order chi connectivity index (χ0) is 23.4. The first-order chi connectivity index (χ1) is 15.9. The molecule has 0 aliphatic heterocycles. The number of aromatic amines is 1. The Labute approximate surface area is 214 Å². The van der Waals surface area contributed by atoms with Gasteiger partial charge in [0.25, 0.3) is 5.91 Å². The van der Waals surface area contributed by atoms with Gasteiger partial charge in [0.15, 0.2) is 5.82 Å². The number of carbonyl (C=O) groups excluding carboxylic acids is 1. The molecule has 6 nitrogen and oxygen atoms in total. The molecule has 0 radical (unpaired) electrons. The van der Waals surface area contributed by atoms with Crippen LogP contribution in [-0.4, -0.2) is 35.0 Å². The lowest BCUT2D eigenvalue weighted by Crippen LogP contribution is -2.37. The summed E-state index contributed by atoms with van der Waals surface area (Å²) in [6.45, 7) is 0.856. The van der Waals surface area contributed by atoms with Gasteiger partial charge in [-0.1, -0.05) is 24.3 Å². The van der Waals surface area contributed by atoms with E-state index >= 15 is 0 Å². The van der Waals surface area contributed by atoms with Crippen LogP contribution < -0.4 is 16.8 Å². The lowest BCUT2D eigenvalue weighted by atomic mass is 9.97. The number of nitrogens with zero attached hydrogens (tertiary/aromatic N) is 1. The molecule has 1 amide bonds. The lowest BCUT2D eigenvalue weighted by molar-refractivity contribution is 0.0941. The van der Waals surface area contributed by atoms with E-state index in [0.29, 0.717) is 30.5 Å². The molecule has 3 aromatic carbocycles. The molecule has 0 spiro atoms. The van der Waals surface area contributed by atoms with E-state index < -0.39 is 0 Å². The van der Waals surface area contributed by atoms with Gasteiger partial charge in [0.1, 0.15) is 11.6 Å². The van der Waals surface area contributed by atoms with E-state index in [4.69, 9.17) is 11.5 Å². The van der Waals surface area contributed by atoms with Gasteiger partial charge in [0, 0.05) is 18.2 Å². The van der Waals surface area contributed by atoms with Crippen LogP contribution >= 0.6 is 24.8 Å². The number of imidazole rings is 1. The van der Waals surface area contributed by atoms with E-state index in [-0.39, 0.29) is 54.2 Å². The van der Waals surface area contributed by atoms with Gasteiger partial charge in [-0.05, 0) is 72.5 Å². The molecule has 186 valence electrons. The molecule has 1 heterocycles. The third kappa shape index (κ3) is 6.76.